The van der Waals surface area contributed by atoms with Gasteiger partial charge in [-0.1, -0.05) is 36.6 Å². The number of hydrazine groups is 1. The first-order chi connectivity index (χ1) is 7.15. The maximum Gasteiger partial charge on any atom is 0.0258 e. The highest BCUT2D eigenvalue weighted by molar-refractivity contribution is 8.06. The van der Waals surface area contributed by atoms with Crippen LogP contribution >= 0.6 is 11.8 Å². The number of nitrogens with one attached hydrogen (secondary N) is 2. The number of hydrogen-bond acceptors (Lipinski definition) is 4. The first kappa shape index (κ1) is 13.7. The second-order valence-electron chi connectivity index (χ2n) is 2.87. The lowest BCUT2D eigenvalue weighted by Crippen LogP contribution is -2.13. The van der Waals surface area contributed by atoms with Crippen molar-refractivity contribution in [3.63, 3.8) is 0 Å². The molecule has 0 rings (SSSR count). The van der Waals surface area contributed by atoms with Gasteiger partial charge in [-0.3, -0.25) is 5.84 Å². The summed E-state index contributed by atoms with van der Waals surface area (Å²) in [4.78, 5) is 0.827. The maximum atomic E-state index is 7.25. The summed E-state index contributed by atoms with van der Waals surface area (Å²) < 4.78 is 0. The summed E-state index contributed by atoms with van der Waals surface area (Å²) in [5.41, 5.74) is 4.37. The highest BCUT2D eigenvalue weighted by Gasteiger charge is 1.98. The number of allylic oxidation sites excluding steroid dienone is 3. The van der Waals surface area contributed by atoms with Gasteiger partial charge in [0.25, 0.3) is 0 Å². The Bertz CT molecular complexity index is 303. The molecule has 0 aromatic carbocycles. The van der Waals surface area contributed by atoms with E-state index >= 15 is 0 Å². The van der Waals surface area contributed by atoms with Gasteiger partial charge in [0.2, 0.25) is 0 Å². The van der Waals surface area contributed by atoms with E-state index in [0.717, 1.165) is 22.5 Å². The van der Waals surface area contributed by atoms with E-state index in [2.05, 4.69) is 18.6 Å². The van der Waals surface area contributed by atoms with Crippen molar-refractivity contribution in [3.05, 3.63) is 46.9 Å². The highest BCUT2D eigenvalue weighted by Crippen LogP contribution is 2.22. The van der Waals surface area contributed by atoms with Crippen LogP contribution in [0.25, 0.3) is 0 Å². The quantitative estimate of drug-likeness (QED) is 0.269. The summed E-state index contributed by atoms with van der Waals surface area (Å²) in [6.07, 6.45) is 5.70. The summed E-state index contributed by atoms with van der Waals surface area (Å²) in [7, 11) is 0. The van der Waals surface area contributed by atoms with Crippen molar-refractivity contribution >= 4 is 18.0 Å². The third-order valence-corrected chi connectivity index (χ3v) is 2.36. The summed E-state index contributed by atoms with van der Waals surface area (Å²) >= 11 is 1.42. The number of rotatable bonds is 7. The molecule has 0 spiro atoms. The van der Waals surface area contributed by atoms with Gasteiger partial charge in [-0.25, -0.2) is 0 Å². The van der Waals surface area contributed by atoms with Crippen molar-refractivity contribution < 1.29 is 0 Å². The molecule has 0 saturated heterocycles. The molecule has 0 heterocycles. The molecule has 4 N–H and O–H groups in total. The SMILES string of the molecule is C=CSC(=C)/C(C=N)=C/C/C(C)=C/NN. The zero-order valence-corrected chi connectivity index (χ0v) is 9.73. The van der Waals surface area contributed by atoms with Crippen LogP contribution in [0.4, 0.5) is 0 Å². The van der Waals surface area contributed by atoms with Crippen molar-refractivity contribution in [2.24, 2.45) is 5.84 Å². The molecule has 0 aromatic heterocycles. The fourth-order valence-corrected chi connectivity index (χ4v) is 1.37. The van der Waals surface area contributed by atoms with Crippen LogP contribution in [0, 0.1) is 5.41 Å². The van der Waals surface area contributed by atoms with Gasteiger partial charge in [-0.05, 0) is 18.8 Å². The van der Waals surface area contributed by atoms with E-state index in [9.17, 15) is 0 Å². The van der Waals surface area contributed by atoms with E-state index in [4.69, 9.17) is 11.3 Å². The summed E-state index contributed by atoms with van der Waals surface area (Å²) in [6.45, 7) is 9.42. The Labute approximate surface area is 95.3 Å². The number of hydrogen-bond donors (Lipinski definition) is 3. The Kier molecular flexibility index (Phi) is 7.40. The Morgan fingerprint density at radius 3 is 2.73 bits per heavy atom. The predicted octanol–water partition coefficient (Wildman–Crippen LogP) is 2.71. The lowest BCUT2D eigenvalue weighted by Gasteiger charge is -2.02. The molecule has 0 atom stereocenters. The lowest BCUT2D eigenvalue weighted by atomic mass is 10.1. The Morgan fingerprint density at radius 1 is 1.60 bits per heavy atom. The fraction of sp³-hybridized carbons (Fsp3) is 0.182. The zero-order chi connectivity index (χ0) is 11.7. The smallest absolute Gasteiger partial charge is 0.0258 e. The normalized spacial score (nSPS) is 12.1. The Morgan fingerprint density at radius 2 is 2.27 bits per heavy atom. The van der Waals surface area contributed by atoms with Gasteiger partial charge in [0.15, 0.2) is 0 Å². The van der Waals surface area contributed by atoms with Crippen LogP contribution in [0.5, 0.6) is 0 Å². The third kappa shape index (κ3) is 5.93. The standard InChI is InChI=1S/C11H17N3S/c1-4-15-10(3)11(7-12)6-5-9(2)8-14-13/h4,6-8,12,14H,1,3,5,13H2,2H3/b9-8+,11-6+,12-7?. The molecule has 4 heteroatoms. The van der Waals surface area contributed by atoms with Gasteiger partial charge in [-0.15, -0.1) is 0 Å². The van der Waals surface area contributed by atoms with Crippen LogP contribution in [0.2, 0.25) is 0 Å². The number of nitrogens with two attached hydrogens (primary N) is 1. The minimum absolute atomic E-state index is 0.742. The van der Waals surface area contributed by atoms with Crippen molar-refractivity contribution in [2.75, 3.05) is 0 Å². The average Bonchev–Trinajstić information content (AvgIpc) is 2.19. The summed E-state index contributed by atoms with van der Waals surface area (Å²) in [6, 6.07) is 0. The first-order valence-corrected chi connectivity index (χ1v) is 5.33. The molecule has 82 valence electrons. The third-order valence-electron chi connectivity index (χ3n) is 1.68. The van der Waals surface area contributed by atoms with Crippen LogP contribution in [0.3, 0.4) is 0 Å². The molecule has 0 aliphatic rings. The topological polar surface area (TPSA) is 61.9 Å². The molecular weight excluding hydrogens is 206 g/mol. The lowest BCUT2D eigenvalue weighted by molar-refractivity contribution is 0.940. The van der Waals surface area contributed by atoms with Crippen LogP contribution < -0.4 is 11.3 Å². The highest BCUT2D eigenvalue weighted by atomic mass is 32.2. The van der Waals surface area contributed by atoms with Crippen molar-refractivity contribution in [1.29, 1.82) is 5.41 Å². The van der Waals surface area contributed by atoms with Crippen molar-refractivity contribution in [1.82, 2.24) is 5.43 Å². The predicted molar refractivity (Wildman–Crippen MR) is 69.5 cm³/mol. The molecule has 0 aliphatic heterocycles. The molecule has 0 aromatic rings. The van der Waals surface area contributed by atoms with Gasteiger partial charge >= 0.3 is 0 Å². The molecule has 0 bridgehead atoms. The largest absolute Gasteiger partial charge is 0.331 e. The van der Waals surface area contributed by atoms with Gasteiger partial charge in [0.1, 0.15) is 0 Å². The second-order valence-corrected chi connectivity index (χ2v) is 3.93. The number of thioether (sulfide) groups is 1. The molecule has 0 amide bonds. The Hall–Kier alpha value is -1.26. The molecule has 0 aliphatic carbocycles. The minimum Gasteiger partial charge on any atom is -0.331 e. The van der Waals surface area contributed by atoms with Gasteiger partial charge in [0, 0.05) is 22.9 Å². The van der Waals surface area contributed by atoms with Crippen LogP contribution in [-0.2, 0) is 0 Å². The maximum absolute atomic E-state index is 7.25. The van der Waals surface area contributed by atoms with Crippen LogP contribution in [-0.4, -0.2) is 6.21 Å². The molecular formula is C11H17N3S. The molecule has 3 nitrogen and oxygen atoms in total. The van der Waals surface area contributed by atoms with Crippen LogP contribution in [0.15, 0.2) is 46.9 Å². The second kappa shape index (κ2) is 8.08. The summed E-state index contributed by atoms with van der Waals surface area (Å²) in [5, 5.41) is 8.95. The van der Waals surface area contributed by atoms with Gasteiger partial charge in [0.05, 0.1) is 0 Å². The van der Waals surface area contributed by atoms with Gasteiger partial charge < -0.3 is 10.8 Å². The monoisotopic (exact) mass is 223 g/mol. The molecule has 0 radical (unpaired) electrons. The van der Waals surface area contributed by atoms with E-state index in [1.165, 1.54) is 18.0 Å². The molecule has 0 saturated carbocycles. The molecule has 15 heavy (non-hydrogen) atoms. The molecule has 0 fully saturated rings. The average molecular weight is 223 g/mol. The van der Waals surface area contributed by atoms with Crippen LogP contribution in [0.1, 0.15) is 13.3 Å². The first-order valence-electron chi connectivity index (χ1n) is 4.45. The Balaban J connectivity index is 4.47. The molecule has 0 unspecified atom stereocenters. The van der Waals surface area contributed by atoms with E-state index in [1.54, 1.807) is 11.6 Å². The van der Waals surface area contributed by atoms with Crippen molar-refractivity contribution in [3.8, 4) is 0 Å². The zero-order valence-electron chi connectivity index (χ0n) is 8.92. The summed E-state index contributed by atoms with van der Waals surface area (Å²) in [5.74, 6) is 5.15. The van der Waals surface area contributed by atoms with Crippen molar-refractivity contribution in [2.45, 2.75) is 13.3 Å². The van der Waals surface area contributed by atoms with E-state index in [-0.39, 0.29) is 0 Å². The van der Waals surface area contributed by atoms with E-state index in [0.29, 0.717) is 0 Å². The fourth-order valence-electron chi connectivity index (χ4n) is 0.894. The van der Waals surface area contributed by atoms with E-state index < -0.39 is 0 Å². The minimum atomic E-state index is 0.742. The van der Waals surface area contributed by atoms with E-state index in [1.807, 2.05) is 13.0 Å². The van der Waals surface area contributed by atoms with Gasteiger partial charge in [-0.2, -0.15) is 0 Å².